The molecule has 0 fully saturated rings. The fraction of sp³-hybridized carbons (Fsp3) is 0.294. The molecule has 1 N–H and O–H groups in total. The number of pyridine rings is 1. The molecular weight excluding hydrogens is 264 g/mol. The van der Waals surface area contributed by atoms with Crippen LogP contribution in [0.1, 0.15) is 34.0 Å². The van der Waals surface area contributed by atoms with Gasteiger partial charge in [0.15, 0.2) is 0 Å². The van der Waals surface area contributed by atoms with Gasteiger partial charge in [-0.05, 0) is 55.7 Å². The summed E-state index contributed by atoms with van der Waals surface area (Å²) in [6, 6.07) is 7.58. The van der Waals surface area contributed by atoms with Gasteiger partial charge in [-0.2, -0.15) is 0 Å². The lowest BCUT2D eigenvalue weighted by Crippen LogP contribution is -2.23. The maximum Gasteiger partial charge on any atom is 0.253 e. The topological polar surface area (TPSA) is 51.2 Å². The maximum atomic E-state index is 12.0. The molecule has 1 amide bonds. The number of hydrogen-bond acceptors (Lipinski definition) is 3. The lowest BCUT2D eigenvalue weighted by Gasteiger charge is -2.13. The van der Waals surface area contributed by atoms with E-state index in [2.05, 4.69) is 16.4 Å². The molecular formula is C17H20N2O2. The molecule has 2 aromatic rings. The first kappa shape index (κ1) is 15.0. The van der Waals surface area contributed by atoms with Crippen molar-refractivity contribution >= 4 is 5.91 Å². The number of carbonyl (C=O) groups excluding carboxylic acids is 1. The summed E-state index contributed by atoms with van der Waals surface area (Å²) in [5.74, 6) is 0.784. The number of aryl methyl sites for hydroxylation is 2. The number of aromatic nitrogens is 1. The Morgan fingerprint density at radius 1 is 1.29 bits per heavy atom. The highest BCUT2D eigenvalue weighted by molar-refractivity contribution is 5.93. The third-order valence-corrected chi connectivity index (χ3v) is 3.30. The number of hydrogen-bond donors (Lipinski definition) is 1. The van der Waals surface area contributed by atoms with Gasteiger partial charge in [-0.1, -0.05) is 6.07 Å². The molecule has 0 aliphatic heterocycles. The molecule has 21 heavy (non-hydrogen) atoms. The minimum Gasteiger partial charge on any atom is -0.494 e. The zero-order valence-electron chi connectivity index (χ0n) is 12.6. The zero-order chi connectivity index (χ0) is 15.2. The van der Waals surface area contributed by atoms with Gasteiger partial charge in [0, 0.05) is 18.9 Å². The Morgan fingerprint density at radius 2 is 2.10 bits per heavy atom. The van der Waals surface area contributed by atoms with E-state index in [9.17, 15) is 4.79 Å². The molecule has 0 aliphatic rings. The van der Waals surface area contributed by atoms with Crippen LogP contribution in [-0.4, -0.2) is 17.5 Å². The van der Waals surface area contributed by atoms with Crippen LogP contribution in [0.2, 0.25) is 0 Å². The van der Waals surface area contributed by atoms with Gasteiger partial charge < -0.3 is 10.1 Å². The van der Waals surface area contributed by atoms with Crippen LogP contribution in [-0.2, 0) is 6.54 Å². The van der Waals surface area contributed by atoms with Crippen LogP contribution in [0.25, 0.3) is 0 Å². The first-order valence-electron chi connectivity index (χ1n) is 7.03. The van der Waals surface area contributed by atoms with E-state index in [-0.39, 0.29) is 5.91 Å². The third-order valence-electron chi connectivity index (χ3n) is 3.30. The van der Waals surface area contributed by atoms with E-state index in [1.54, 1.807) is 24.5 Å². The molecule has 2 rings (SSSR count). The van der Waals surface area contributed by atoms with Crippen LogP contribution in [0.5, 0.6) is 5.75 Å². The Morgan fingerprint density at radius 3 is 2.76 bits per heavy atom. The molecule has 4 heteroatoms. The predicted octanol–water partition coefficient (Wildman–Crippen LogP) is 3.03. The predicted molar refractivity (Wildman–Crippen MR) is 82.5 cm³/mol. The molecule has 0 unspecified atom stereocenters. The molecule has 0 radical (unpaired) electrons. The Hall–Kier alpha value is -2.36. The summed E-state index contributed by atoms with van der Waals surface area (Å²) in [7, 11) is 0. The Labute approximate surface area is 125 Å². The van der Waals surface area contributed by atoms with Gasteiger partial charge in [0.2, 0.25) is 0 Å². The SMILES string of the molecule is CCOc1cc(C)c(CNC(=O)c2cccnc2)cc1C. The Balaban J connectivity index is 2.07. The minimum absolute atomic E-state index is 0.117. The summed E-state index contributed by atoms with van der Waals surface area (Å²) in [5.41, 5.74) is 3.84. The van der Waals surface area contributed by atoms with Crippen LogP contribution in [0.4, 0.5) is 0 Å². The molecule has 0 aliphatic carbocycles. The second-order valence-electron chi connectivity index (χ2n) is 4.90. The number of amides is 1. The average molecular weight is 284 g/mol. The van der Waals surface area contributed by atoms with E-state index >= 15 is 0 Å². The van der Waals surface area contributed by atoms with E-state index in [1.807, 2.05) is 26.8 Å². The van der Waals surface area contributed by atoms with Crippen LogP contribution in [0.3, 0.4) is 0 Å². The fourth-order valence-electron chi connectivity index (χ4n) is 2.13. The largest absolute Gasteiger partial charge is 0.494 e. The van der Waals surface area contributed by atoms with Crippen LogP contribution < -0.4 is 10.1 Å². The number of ether oxygens (including phenoxy) is 1. The van der Waals surface area contributed by atoms with Crippen LogP contribution in [0, 0.1) is 13.8 Å². The summed E-state index contributed by atoms with van der Waals surface area (Å²) in [6.45, 7) is 7.14. The summed E-state index contributed by atoms with van der Waals surface area (Å²) < 4.78 is 5.57. The van der Waals surface area contributed by atoms with Crippen molar-refractivity contribution in [3.63, 3.8) is 0 Å². The van der Waals surface area contributed by atoms with E-state index < -0.39 is 0 Å². The summed E-state index contributed by atoms with van der Waals surface area (Å²) >= 11 is 0. The average Bonchev–Trinajstić information content (AvgIpc) is 2.50. The smallest absolute Gasteiger partial charge is 0.253 e. The summed E-state index contributed by atoms with van der Waals surface area (Å²) in [5, 5.41) is 2.92. The molecule has 0 saturated carbocycles. The van der Waals surface area contributed by atoms with Gasteiger partial charge in [0.1, 0.15) is 5.75 Å². The first-order valence-corrected chi connectivity index (χ1v) is 7.03. The van der Waals surface area contributed by atoms with E-state index in [4.69, 9.17) is 4.74 Å². The molecule has 0 bridgehead atoms. The van der Waals surface area contributed by atoms with Gasteiger partial charge in [-0.3, -0.25) is 9.78 Å². The van der Waals surface area contributed by atoms with Crippen LogP contribution in [0.15, 0.2) is 36.7 Å². The lowest BCUT2D eigenvalue weighted by atomic mass is 10.0. The zero-order valence-corrected chi connectivity index (χ0v) is 12.6. The summed E-state index contributed by atoms with van der Waals surface area (Å²) in [4.78, 5) is 16.0. The highest BCUT2D eigenvalue weighted by Crippen LogP contribution is 2.22. The second kappa shape index (κ2) is 6.88. The monoisotopic (exact) mass is 284 g/mol. The van der Waals surface area contributed by atoms with Crippen molar-refractivity contribution in [1.82, 2.24) is 10.3 Å². The minimum atomic E-state index is -0.117. The maximum absolute atomic E-state index is 12.0. The van der Waals surface area contributed by atoms with Gasteiger partial charge >= 0.3 is 0 Å². The van der Waals surface area contributed by atoms with Crippen molar-refractivity contribution in [3.8, 4) is 5.75 Å². The molecule has 0 spiro atoms. The Bertz CT molecular complexity index is 624. The number of nitrogens with one attached hydrogen (secondary N) is 1. The first-order chi connectivity index (χ1) is 10.1. The van der Waals surface area contributed by atoms with Crippen molar-refractivity contribution in [2.45, 2.75) is 27.3 Å². The molecule has 1 heterocycles. The summed E-state index contributed by atoms with van der Waals surface area (Å²) in [6.07, 6.45) is 3.21. The molecule has 4 nitrogen and oxygen atoms in total. The normalized spacial score (nSPS) is 10.2. The van der Waals surface area contributed by atoms with Gasteiger partial charge in [0.05, 0.1) is 12.2 Å². The van der Waals surface area contributed by atoms with Crippen molar-refractivity contribution < 1.29 is 9.53 Å². The molecule has 1 aromatic heterocycles. The standard InChI is InChI=1S/C17H20N2O2/c1-4-21-16-9-12(2)15(8-13(16)3)11-19-17(20)14-6-5-7-18-10-14/h5-10H,4,11H2,1-3H3,(H,19,20). The number of nitrogens with zero attached hydrogens (tertiary/aromatic N) is 1. The highest BCUT2D eigenvalue weighted by Gasteiger charge is 2.08. The fourth-order valence-corrected chi connectivity index (χ4v) is 2.13. The Kier molecular flexibility index (Phi) is 4.93. The van der Waals surface area contributed by atoms with Gasteiger partial charge in [0.25, 0.3) is 5.91 Å². The molecule has 0 saturated heterocycles. The quantitative estimate of drug-likeness (QED) is 0.918. The molecule has 110 valence electrons. The van der Waals surface area contributed by atoms with Crippen LogP contribution >= 0.6 is 0 Å². The molecule has 0 atom stereocenters. The van der Waals surface area contributed by atoms with Gasteiger partial charge in [-0.25, -0.2) is 0 Å². The van der Waals surface area contributed by atoms with E-state index in [0.717, 1.165) is 22.4 Å². The van der Waals surface area contributed by atoms with Crippen molar-refractivity contribution in [2.75, 3.05) is 6.61 Å². The van der Waals surface area contributed by atoms with E-state index in [1.165, 1.54) is 0 Å². The third kappa shape index (κ3) is 3.81. The lowest BCUT2D eigenvalue weighted by molar-refractivity contribution is 0.0950. The van der Waals surface area contributed by atoms with Gasteiger partial charge in [-0.15, -0.1) is 0 Å². The second-order valence-corrected chi connectivity index (χ2v) is 4.90. The number of carbonyl (C=O) groups is 1. The van der Waals surface area contributed by atoms with E-state index in [0.29, 0.717) is 18.7 Å². The highest BCUT2D eigenvalue weighted by atomic mass is 16.5. The number of rotatable bonds is 5. The van der Waals surface area contributed by atoms with Crippen molar-refractivity contribution in [3.05, 3.63) is 58.9 Å². The van der Waals surface area contributed by atoms with Crippen molar-refractivity contribution in [2.24, 2.45) is 0 Å². The van der Waals surface area contributed by atoms with Crippen molar-refractivity contribution in [1.29, 1.82) is 0 Å². The molecule has 1 aromatic carbocycles. The number of benzene rings is 1.